The molecule has 0 heterocycles. The Hall–Kier alpha value is -0.780. The van der Waals surface area contributed by atoms with Crippen LogP contribution in [-0.4, -0.2) is 29.3 Å². The zero-order chi connectivity index (χ0) is 19.8. The van der Waals surface area contributed by atoms with Gasteiger partial charge in [0.15, 0.2) is 5.60 Å². The van der Waals surface area contributed by atoms with E-state index in [-0.39, 0.29) is 11.3 Å². The van der Waals surface area contributed by atoms with E-state index in [1.165, 1.54) is 32.1 Å². The van der Waals surface area contributed by atoms with Crippen molar-refractivity contribution >= 4 is 5.91 Å². The molecule has 0 bridgehead atoms. The van der Waals surface area contributed by atoms with Crippen LogP contribution in [0, 0.1) is 29.1 Å². The summed E-state index contributed by atoms with van der Waals surface area (Å²) >= 11 is 0. The molecule has 6 heteroatoms. The first-order chi connectivity index (χ1) is 11.9. The van der Waals surface area contributed by atoms with Crippen LogP contribution in [0.4, 0.5) is 13.2 Å². The van der Waals surface area contributed by atoms with Crippen LogP contribution in [0.5, 0.6) is 0 Å². The first-order valence-corrected chi connectivity index (χ1v) is 9.94. The van der Waals surface area contributed by atoms with Crippen LogP contribution in [0.3, 0.4) is 0 Å². The van der Waals surface area contributed by atoms with Gasteiger partial charge in [-0.25, -0.2) is 0 Å². The Kier molecular flexibility index (Phi) is 6.36. The van der Waals surface area contributed by atoms with Crippen molar-refractivity contribution in [2.45, 2.75) is 84.4 Å². The molecule has 26 heavy (non-hydrogen) atoms. The standard InChI is InChI=1S/C20H34F3NO2/c1-13-7-6-10-18(3)15(13)8-5-9-16(18)14(2)12-24-17(25)11-19(4,26)20(21,22)23/h13-16,26H,5-12H2,1-4H3,(H,24,25)/t13-,14+,15?,16?,18-,19?/m0/s1. The minimum Gasteiger partial charge on any atom is -0.380 e. The molecule has 6 atom stereocenters. The zero-order valence-corrected chi connectivity index (χ0v) is 16.5. The van der Waals surface area contributed by atoms with Crippen molar-refractivity contribution in [1.82, 2.24) is 5.32 Å². The van der Waals surface area contributed by atoms with E-state index in [2.05, 4.69) is 26.1 Å². The minimum atomic E-state index is -4.81. The van der Waals surface area contributed by atoms with Gasteiger partial charge in [-0.2, -0.15) is 13.2 Å². The van der Waals surface area contributed by atoms with Gasteiger partial charge in [0.1, 0.15) is 0 Å². The molecular weight excluding hydrogens is 343 g/mol. The SMILES string of the molecule is C[C@H](CNC(=O)CC(C)(O)C(F)(F)F)C1CCCC2[C@@H](C)CCC[C@]12C. The molecule has 3 unspecified atom stereocenters. The van der Waals surface area contributed by atoms with Gasteiger partial charge in [0.25, 0.3) is 0 Å². The van der Waals surface area contributed by atoms with E-state index >= 15 is 0 Å². The van der Waals surface area contributed by atoms with E-state index in [0.717, 1.165) is 12.3 Å². The van der Waals surface area contributed by atoms with Crippen molar-refractivity contribution in [2.75, 3.05) is 6.54 Å². The van der Waals surface area contributed by atoms with Gasteiger partial charge in [-0.3, -0.25) is 4.79 Å². The quantitative estimate of drug-likeness (QED) is 0.731. The Balaban J connectivity index is 1.95. The molecule has 152 valence electrons. The summed E-state index contributed by atoms with van der Waals surface area (Å²) in [6.07, 6.45) is 1.54. The Morgan fingerprint density at radius 2 is 1.92 bits per heavy atom. The highest BCUT2D eigenvalue weighted by Crippen LogP contribution is 2.57. The van der Waals surface area contributed by atoms with Crippen LogP contribution >= 0.6 is 0 Å². The Morgan fingerprint density at radius 3 is 2.54 bits per heavy atom. The second-order valence-electron chi connectivity index (χ2n) is 9.25. The molecule has 0 aromatic carbocycles. The van der Waals surface area contributed by atoms with Gasteiger partial charge in [0.05, 0.1) is 6.42 Å². The van der Waals surface area contributed by atoms with Gasteiger partial charge >= 0.3 is 6.18 Å². The van der Waals surface area contributed by atoms with Crippen molar-refractivity contribution in [2.24, 2.45) is 29.1 Å². The van der Waals surface area contributed by atoms with Crippen molar-refractivity contribution in [3.8, 4) is 0 Å². The highest BCUT2D eigenvalue weighted by Gasteiger charge is 2.51. The van der Waals surface area contributed by atoms with Gasteiger partial charge < -0.3 is 10.4 Å². The first kappa shape index (κ1) is 21.5. The van der Waals surface area contributed by atoms with Crippen LogP contribution in [0.1, 0.15) is 72.6 Å². The Morgan fingerprint density at radius 1 is 1.27 bits per heavy atom. The highest BCUT2D eigenvalue weighted by molar-refractivity contribution is 5.77. The number of alkyl halides is 3. The lowest BCUT2D eigenvalue weighted by Gasteiger charge is -2.55. The molecule has 0 saturated heterocycles. The molecule has 2 fully saturated rings. The maximum atomic E-state index is 12.7. The predicted molar refractivity (Wildman–Crippen MR) is 95.4 cm³/mol. The van der Waals surface area contributed by atoms with Crippen molar-refractivity contribution in [3.63, 3.8) is 0 Å². The maximum absolute atomic E-state index is 12.7. The molecule has 2 aliphatic rings. The lowest BCUT2D eigenvalue weighted by atomic mass is 9.50. The number of hydrogen-bond donors (Lipinski definition) is 2. The summed E-state index contributed by atoms with van der Waals surface area (Å²) < 4.78 is 38.2. The van der Waals surface area contributed by atoms with Gasteiger partial charge in [-0.05, 0) is 55.3 Å². The molecule has 0 aromatic rings. The number of rotatable bonds is 5. The van der Waals surface area contributed by atoms with E-state index in [1.54, 1.807) is 0 Å². The number of aliphatic hydroxyl groups is 1. The molecule has 2 saturated carbocycles. The fraction of sp³-hybridized carbons (Fsp3) is 0.950. The van der Waals surface area contributed by atoms with Crippen molar-refractivity contribution < 1.29 is 23.1 Å². The van der Waals surface area contributed by atoms with Crippen LogP contribution in [-0.2, 0) is 4.79 Å². The normalized spacial score (nSPS) is 35.9. The topological polar surface area (TPSA) is 49.3 Å². The number of carbonyl (C=O) groups is 1. The van der Waals surface area contributed by atoms with Crippen molar-refractivity contribution in [3.05, 3.63) is 0 Å². The largest absolute Gasteiger partial charge is 0.417 e. The summed E-state index contributed by atoms with van der Waals surface area (Å²) in [4.78, 5) is 11.9. The first-order valence-electron chi connectivity index (χ1n) is 9.94. The third-order valence-electron chi connectivity index (χ3n) is 7.21. The zero-order valence-electron chi connectivity index (χ0n) is 16.5. The van der Waals surface area contributed by atoms with Crippen LogP contribution < -0.4 is 5.32 Å². The van der Waals surface area contributed by atoms with E-state index in [1.807, 2.05) is 0 Å². The summed E-state index contributed by atoms with van der Waals surface area (Å²) in [6, 6.07) is 0. The van der Waals surface area contributed by atoms with E-state index in [9.17, 15) is 23.1 Å². The monoisotopic (exact) mass is 377 g/mol. The van der Waals surface area contributed by atoms with Crippen LogP contribution in [0.15, 0.2) is 0 Å². The number of fused-ring (bicyclic) bond motifs is 1. The smallest absolute Gasteiger partial charge is 0.380 e. The molecule has 2 N–H and O–H groups in total. The molecule has 0 spiro atoms. The van der Waals surface area contributed by atoms with Gasteiger partial charge in [0.2, 0.25) is 5.91 Å². The number of carbonyl (C=O) groups excluding carboxylic acids is 1. The second kappa shape index (κ2) is 7.69. The molecule has 3 nitrogen and oxygen atoms in total. The molecule has 2 aliphatic carbocycles. The third-order valence-corrected chi connectivity index (χ3v) is 7.21. The molecule has 0 aromatic heterocycles. The fourth-order valence-corrected chi connectivity index (χ4v) is 5.63. The van der Waals surface area contributed by atoms with Gasteiger partial charge in [-0.1, -0.05) is 40.0 Å². The van der Waals surface area contributed by atoms with E-state index in [0.29, 0.717) is 25.3 Å². The van der Waals surface area contributed by atoms with Crippen LogP contribution in [0.25, 0.3) is 0 Å². The van der Waals surface area contributed by atoms with Crippen LogP contribution in [0.2, 0.25) is 0 Å². The van der Waals surface area contributed by atoms with Gasteiger partial charge in [0, 0.05) is 6.54 Å². The average Bonchev–Trinajstić information content (AvgIpc) is 2.50. The number of hydrogen-bond acceptors (Lipinski definition) is 2. The minimum absolute atomic E-state index is 0.216. The predicted octanol–water partition coefficient (Wildman–Crippen LogP) is 4.68. The Labute approximate surface area is 155 Å². The number of halogens is 3. The highest BCUT2D eigenvalue weighted by atomic mass is 19.4. The maximum Gasteiger partial charge on any atom is 0.417 e. The lowest BCUT2D eigenvalue weighted by molar-refractivity contribution is -0.253. The Bertz CT molecular complexity index is 506. The fourth-order valence-electron chi connectivity index (χ4n) is 5.63. The van der Waals surface area contributed by atoms with E-state index in [4.69, 9.17) is 0 Å². The molecule has 2 rings (SSSR count). The third kappa shape index (κ3) is 4.37. The lowest BCUT2D eigenvalue weighted by Crippen LogP contribution is -2.49. The van der Waals surface area contributed by atoms with Gasteiger partial charge in [-0.15, -0.1) is 0 Å². The van der Waals surface area contributed by atoms with Crippen molar-refractivity contribution in [1.29, 1.82) is 0 Å². The summed E-state index contributed by atoms with van der Waals surface area (Å²) in [5, 5.41) is 12.1. The summed E-state index contributed by atoms with van der Waals surface area (Å²) in [5.74, 6) is 1.38. The van der Waals surface area contributed by atoms with E-state index < -0.39 is 24.1 Å². The summed E-state index contributed by atoms with van der Waals surface area (Å²) in [5.41, 5.74) is -2.72. The number of amides is 1. The summed E-state index contributed by atoms with van der Waals surface area (Å²) in [7, 11) is 0. The molecule has 0 aliphatic heterocycles. The molecular formula is C20H34F3NO2. The molecule has 1 amide bonds. The summed E-state index contributed by atoms with van der Waals surface area (Å²) in [6.45, 7) is 7.83. The average molecular weight is 377 g/mol. The number of nitrogens with one attached hydrogen (secondary N) is 1. The second-order valence-corrected chi connectivity index (χ2v) is 9.25. The molecule has 0 radical (unpaired) electrons.